The molecule has 0 aliphatic rings. The predicted molar refractivity (Wildman–Crippen MR) is 73.6 cm³/mol. The molecule has 1 aromatic heterocycles. The highest BCUT2D eigenvalue weighted by Crippen LogP contribution is 2.15. The number of nitrogens with two attached hydrogens (primary N) is 1. The second kappa shape index (κ2) is 5.35. The molecule has 0 radical (unpaired) electrons. The normalized spacial score (nSPS) is 12.6. The fourth-order valence-corrected chi connectivity index (χ4v) is 2.96. The van der Waals surface area contributed by atoms with Gasteiger partial charge in [0.05, 0.1) is 27.9 Å². The van der Waals surface area contributed by atoms with E-state index in [2.05, 4.69) is 12.0 Å². The van der Waals surface area contributed by atoms with E-state index < -0.39 is 10.8 Å². The Hall–Kier alpha value is -1.62. The van der Waals surface area contributed by atoms with Crippen LogP contribution in [0.4, 0.5) is 5.69 Å². The molecule has 0 bridgehead atoms. The zero-order chi connectivity index (χ0) is 13.1. The predicted octanol–water partition coefficient (Wildman–Crippen LogP) is 1.87. The van der Waals surface area contributed by atoms with Crippen molar-refractivity contribution in [2.24, 2.45) is 7.05 Å². The third-order valence-electron chi connectivity index (χ3n) is 2.79. The molecule has 1 unspecified atom stereocenters. The number of nitrogen functional groups attached to an aromatic ring is 1. The van der Waals surface area contributed by atoms with E-state index in [4.69, 9.17) is 5.73 Å². The van der Waals surface area contributed by atoms with Crippen LogP contribution in [0.2, 0.25) is 0 Å². The lowest BCUT2D eigenvalue weighted by atomic mass is 10.3. The molecule has 2 rings (SSSR count). The van der Waals surface area contributed by atoms with E-state index in [1.165, 1.54) is 0 Å². The molecule has 0 aliphatic heterocycles. The summed E-state index contributed by atoms with van der Waals surface area (Å²) in [4.78, 5) is 0.759. The zero-order valence-electron chi connectivity index (χ0n) is 10.6. The number of rotatable bonds is 4. The Morgan fingerprint density at radius 2 is 2.17 bits per heavy atom. The molecule has 2 aromatic rings. The molecule has 18 heavy (non-hydrogen) atoms. The van der Waals surface area contributed by atoms with Gasteiger partial charge in [0.2, 0.25) is 0 Å². The van der Waals surface area contributed by atoms with Gasteiger partial charge in [0.1, 0.15) is 0 Å². The van der Waals surface area contributed by atoms with Crippen molar-refractivity contribution in [2.75, 3.05) is 5.73 Å². The van der Waals surface area contributed by atoms with Crippen LogP contribution in [0.3, 0.4) is 0 Å². The monoisotopic (exact) mass is 263 g/mol. The number of aromatic nitrogens is 2. The van der Waals surface area contributed by atoms with Crippen molar-refractivity contribution in [1.82, 2.24) is 9.78 Å². The van der Waals surface area contributed by atoms with Gasteiger partial charge >= 0.3 is 0 Å². The van der Waals surface area contributed by atoms with Crippen LogP contribution in [-0.2, 0) is 30.0 Å². The molecule has 1 atom stereocenters. The minimum Gasteiger partial charge on any atom is -0.399 e. The summed E-state index contributed by atoms with van der Waals surface area (Å²) in [6, 6.07) is 9.21. The SMILES string of the molecule is CCc1cc(CS(=O)c2cccc(N)c2)n(C)n1. The lowest BCUT2D eigenvalue weighted by molar-refractivity contribution is 0.675. The maximum absolute atomic E-state index is 12.2. The minimum absolute atomic E-state index is 0.465. The van der Waals surface area contributed by atoms with Crippen LogP contribution < -0.4 is 5.73 Å². The van der Waals surface area contributed by atoms with E-state index >= 15 is 0 Å². The topological polar surface area (TPSA) is 60.9 Å². The standard InChI is InChI=1S/C13H17N3OS/c1-3-11-8-12(16(2)15-11)9-18(17)13-6-4-5-10(14)7-13/h4-8H,3,9,14H2,1-2H3. The molecule has 0 saturated carbocycles. The van der Waals surface area contributed by atoms with E-state index in [9.17, 15) is 4.21 Å². The van der Waals surface area contributed by atoms with E-state index in [0.29, 0.717) is 11.4 Å². The molecule has 5 heteroatoms. The molecule has 0 saturated heterocycles. The molecule has 0 fully saturated rings. The van der Waals surface area contributed by atoms with Gasteiger partial charge in [-0.05, 0) is 30.7 Å². The fourth-order valence-electron chi connectivity index (χ4n) is 1.75. The summed E-state index contributed by atoms with van der Waals surface area (Å²) in [5.41, 5.74) is 8.34. The first kappa shape index (κ1) is 12.8. The maximum Gasteiger partial charge on any atom is 0.0702 e. The van der Waals surface area contributed by atoms with E-state index in [1.54, 1.807) is 16.8 Å². The Morgan fingerprint density at radius 1 is 1.39 bits per heavy atom. The molecule has 2 N–H and O–H groups in total. The van der Waals surface area contributed by atoms with Crippen molar-refractivity contribution in [1.29, 1.82) is 0 Å². The largest absolute Gasteiger partial charge is 0.399 e. The molecule has 1 heterocycles. The van der Waals surface area contributed by atoms with Gasteiger partial charge < -0.3 is 5.73 Å². The van der Waals surface area contributed by atoms with E-state index in [-0.39, 0.29) is 0 Å². The minimum atomic E-state index is -1.08. The van der Waals surface area contributed by atoms with Crippen molar-refractivity contribution in [2.45, 2.75) is 24.0 Å². The average Bonchev–Trinajstić information content (AvgIpc) is 2.70. The Kier molecular flexibility index (Phi) is 3.81. The Balaban J connectivity index is 2.18. The zero-order valence-corrected chi connectivity index (χ0v) is 11.4. The van der Waals surface area contributed by atoms with Crippen LogP contribution >= 0.6 is 0 Å². The Bertz CT molecular complexity index is 577. The van der Waals surface area contributed by atoms with Crippen LogP contribution in [0.25, 0.3) is 0 Å². The van der Waals surface area contributed by atoms with Gasteiger partial charge in [0.15, 0.2) is 0 Å². The van der Waals surface area contributed by atoms with Crippen molar-refractivity contribution < 1.29 is 4.21 Å². The number of hydrogen-bond acceptors (Lipinski definition) is 3. The first-order valence-corrected chi connectivity index (χ1v) is 7.17. The van der Waals surface area contributed by atoms with Crippen molar-refractivity contribution in [3.8, 4) is 0 Å². The number of nitrogens with zero attached hydrogens (tertiary/aromatic N) is 2. The molecule has 96 valence electrons. The van der Waals surface area contributed by atoms with Gasteiger partial charge in [-0.3, -0.25) is 8.89 Å². The van der Waals surface area contributed by atoms with Crippen LogP contribution in [0.1, 0.15) is 18.3 Å². The van der Waals surface area contributed by atoms with Gasteiger partial charge in [0.25, 0.3) is 0 Å². The summed E-state index contributed by atoms with van der Waals surface area (Å²) >= 11 is 0. The van der Waals surface area contributed by atoms with Crippen LogP contribution in [0.15, 0.2) is 35.2 Å². The molecule has 4 nitrogen and oxygen atoms in total. The van der Waals surface area contributed by atoms with Crippen molar-refractivity contribution in [3.63, 3.8) is 0 Å². The number of aryl methyl sites for hydroxylation is 2. The van der Waals surface area contributed by atoms with Gasteiger partial charge in [-0.15, -0.1) is 0 Å². The third-order valence-corrected chi connectivity index (χ3v) is 4.13. The van der Waals surface area contributed by atoms with Gasteiger partial charge in [-0.1, -0.05) is 13.0 Å². The number of benzene rings is 1. The second-order valence-electron chi connectivity index (χ2n) is 4.17. The summed E-state index contributed by atoms with van der Waals surface area (Å²) in [5.74, 6) is 0.465. The average molecular weight is 263 g/mol. The smallest absolute Gasteiger partial charge is 0.0702 e. The highest BCUT2D eigenvalue weighted by Gasteiger charge is 2.10. The first-order valence-electron chi connectivity index (χ1n) is 5.86. The summed E-state index contributed by atoms with van der Waals surface area (Å²) in [7, 11) is 0.796. The van der Waals surface area contributed by atoms with Gasteiger partial charge in [0, 0.05) is 17.6 Å². The molecular formula is C13H17N3OS. The van der Waals surface area contributed by atoms with Crippen molar-refractivity contribution in [3.05, 3.63) is 41.7 Å². The molecule has 0 amide bonds. The lowest BCUT2D eigenvalue weighted by Crippen LogP contribution is -2.03. The number of hydrogen-bond donors (Lipinski definition) is 1. The number of anilines is 1. The fraction of sp³-hybridized carbons (Fsp3) is 0.308. The van der Waals surface area contributed by atoms with Crippen LogP contribution in [-0.4, -0.2) is 14.0 Å². The second-order valence-corrected chi connectivity index (χ2v) is 5.62. The summed E-state index contributed by atoms with van der Waals surface area (Å²) in [5, 5.41) is 4.35. The lowest BCUT2D eigenvalue weighted by Gasteiger charge is -2.03. The van der Waals surface area contributed by atoms with Crippen LogP contribution in [0.5, 0.6) is 0 Å². The quantitative estimate of drug-likeness (QED) is 0.857. The Morgan fingerprint density at radius 3 is 2.78 bits per heavy atom. The van der Waals surface area contributed by atoms with E-state index in [0.717, 1.165) is 22.7 Å². The molecule has 1 aromatic carbocycles. The summed E-state index contributed by atoms with van der Waals surface area (Å²) in [6.07, 6.45) is 0.888. The highest BCUT2D eigenvalue weighted by atomic mass is 32.2. The summed E-state index contributed by atoms with van der Waals surface area (Å²) < 4.78 is 14.0. The molecular weight excluding hydrogens is 246 g/mol. The summed E-state index contributed by atoms with van der Waals surface area (Å²) in [6.45, 7) is 2.06. The van der Waals surface area contributed by atoms with Crippen molar-refractivity contribution >= 4 is 16.5 Å². The molecule has 0 spiro atoms. The highest BCUT2D eigenvalue weighted by molar-refractivity contribution is 7.84. The molecule has 0 aliphatic carbocycles. The Labute approximate surface area is 109 Å². The first-order chi connectivity index (χ1) is 8.60. The van der Waals surface area contributed by atoms with Crippen LogP contribution in [0, 0.1) is 0 Å². The van der Waals surface area contributed by atoms with Gasteiger partial charge in [-0.25, -0.2) is 0 Å². The van der Waals surface area contributed by atoms with Gasteiger partial charge in [-0.2, -0.15) is 5.10 Å². The maximum atomic E-state index is 12.2. The third kappa shape index (κ3) is 2.79. The van der Waals surface area contributed by atoms with E-state index in [1.807, 2.05) is 25.2 Å².